The third kappa shape index (κ3) is 2.82. The zero-order valence-corrected chi connectivity index (χ0v) is 9.57. The molecule has 1 aromatic heterocycles. The SMILES string of the molecule is CCc1nc(N)cc(NC2CCOCC2)n1. The van der Waals surface area contributed by atoms with Gasteiger partial charge in [0.2, 0.25) is 0 Å². The summed E-state index contributed by atoms with van der Waals surface area (Å²) >= 11 is 0. The first kappa shape index (κ1) is 11.1. The van der Waals surface area contributed by atoms with Gasteiger partial charge >= 0.3 is 0 Å². The van der Waals surface area contributed by atoms with Crippen molar-refractivity contribution in [3.8, 4) is 0 Å². The van der Waals surface area contributed by atoms with Crippen LogP contribution in [-0.4, -0.2) is 29.2 Å². The molecular formula is C11H18N4O. The molecule has 0 unspecified atom stereocenters. The summed E-state index contributed by atoms with van der Waals surface area (Å²) in [5.74, 6) is 2.15. The highest BCUT2D eigenvalue weighted by Crippen LogP contribution is 2.15. The number of nitrogen functional groups attached to an aromatic ring is 1. The van der Waals surface area contributed by atoms with Crippen LogP contribution in [-0.2, 0) is 11.2 Å². The Morgan fingerprint density at radius 1 is 1.44 bits per heavy atom. The van der Waals surface area contributed by atoms with Crippen molar-refractivity contribution in [1.82, 2.24) is 9.97 Å². The van der Waals surface area contributed by atoms with Crippen LogP contribution in [0, 0.1) is 0 Å². The summed E-state index contributed by atoms with van der Waals surface area (Å²) in [6.45, 7) is 3.66. The molecule has 5 heteroatoms. The van der Waals surface area contributed by atoms with Crippen LogP contribution in [0.4, 0.5) is 11.6 Å². The van der Waals surface area contributed by atoms with Gasteiger partial charge in [0.25, 0.3) is 0 Å². The number of ether oxygens (including phenoxy) is 1. The number of rotatable bonds is 3. The van der Waals surface area contributed by atoms with Gasteiger partial charge in [-0.25, -0.2) is 9.97 Å². The molecule has 2 heterocycles. The maximum atomic E-state index is 5.72. The quantitative estimate of drug-likeness (QED) is 0.804. The molecule has 1 fully saturated rings. The molecule has 5 nitrogen and oxygen atoms in total. The standard InChI is InChI=1S/C11H18N4O/c1-2-10-14-9(12)7-11(15-10)13-8-3-5-16-6-4-8/h7-8H,2-6H2,1H3,(H3,12,13,14,15). The van der Waals surface area contributed by atoms with Crippen LogP contribution < -0.4 is 11.1 Å². The fraction of sp³-hybridized carbons (Fsp3) is 0.636. The molecule has 1 aliphatic heterocycles. The molecule has 0 aromatic carbocycles. The molecule has 0 bridgehead atoms. The maximum Gasteiger partial charge on any atom is 0.132 e. The molecule has 1 saturated heterocycles. The van der Waals surface area contributed by atoms with E-state index in [0.29, 0.717) is 11.9 Å². The van der Waals surface area contributed by atoms with Gasteiger partial charge in [-0.2, -0.15) is 0 Å². The molecular weight excluding hydrogens is 204 g/mol. The Bertz CT molecular complexity index is 350. The number of aryl methyl sites for hydroxylation is 1. The first-order valence-electron chi connectivity index (χ1n) is 5.75. The summed E-state index contributed by atoms with van der Waals surface area (Å²) in [7, 11) is 0. The summed E-state index contributed by atoms with van der Waals surface area (Å²) in [5.41, 5.74) is 5.72. The van der Waals surface area contributed by atoms with E-state index in [1.54, 1.807) is 6.07 Å². The Balaban J connectivity index is 2.04. The Morgan fingerprint density at radius 2 is 2.19 bits per heavy atom. The van der Waals surface area contributed by atoms with E-state index in [1.807, 2.05) is 6.92 Å². The average Bonchev–Trinajstić information content (AvgIpc) is 2.29. The van der Waals surface area contributed by atoms with Crippen LogP contribution in [0.25, 0.3) is 0 Å². The third-order valence-corrected chi connectivity index (χ3v) is 2.68. The molecule has 0 radical (unpaired) electrons. The summed E-state index contributed by atoms with van der Waals surface area (Å²) in [4.78, 5) is 8.55. The van der Waals surface area contributed by atoms with Gasteiger partial charge in [-0.15, -0.1) is 0 Å². The lowest BCUT2D eigenvalue weighted by Gasteiger charge is -2.23. The van der Waals surface area contributed by atoms with Crippen molar-refractivity contribution in [3.63, 3.8) is 0 Å². The van der Waals surface area contributed by atoms with Gasteiger partial charge in [0, 0.05) is 31.7 Å². The third-order valence-electron chi connectivity index (χ3n) is 2.68. The summed E-state index contributed by atoms with van der Waals surface area (Å²) in [5, 5.41) is 3.39. The van der Waals surface area contributed by atoms with Crippen LogP contribution in [0.1, 0.15) is 25.6 Å². The zero-order chi connectivity index (χ0) is 11.4. The smallest absolute Gasteiger partial charge is 0.132 e. The first-order valence-corrected chi connectivity index (χ1v) is 5.75. The number of hydrogen-bond donors (Lipinski definition) is 2. The lowest BCUT2D eigenvalue weighted by Crippen LogP contribution is -2.28. The van der Waals surface area contributed by atoms with E-state index in [1.165, 1.54) is 0 Å². The molecule has 3 N–H and O–H groups in total. The van der Waals surface area contributed by atoms with E-state index >= 15 is 0 Å². The molecule has 1 aromatic rings. The van der Waals surface area contributed by atoms with Crippen molar-refractivity contribution in [2.75, 3.05) is 24.3 Å². The second-order valence-electron chi connectivity index (χ2n) is 3.98. The van der Waals surface area contributed by atoms with E-state index in [2.05, 4.69) is 15.3 Å². The molecule has 1 aliphatic rings. The summed E-state index contributed by atoms with van der Waals surface area (Å²) < 4.78 is 5.31. The fourth-order valence-corrected chi connectivity index (χ4v) is 1.80. The lowest BCUT2D eigenvalue weighted by molar-refractivity contribution is 0.0904. The topological polar surface area (TPSA) is 73.1 Å². The van der Waals surface area contributed by atoms with Gasteiger partial charge in [0.15, 0.2) is 0 Å². The highest BCUT2D eigenvalue weighted by atomic mass is 16.5. The minimum Gasteiger partial charge on any atom is -0.384 e. The van der Waals surface area contributed by atoms with Gasteiger partial charge in [-0.05, 0) is 12.8 Å². The Kier molecular flexibility index (Phi) is 3.56. The number of aromatic nitrogens is 2. The van der Waals surface area contributed by atoms with Crippen LogP contribution in [0.5, 0.6) is 0 Å². The summed E-state index contributed by atoms with van der Waals surface area (Å²) in [6, 6.07) is 2.22. The van der Waals surface area contributed by atoms with Gasteiger partial charge in [0.1, 0.15) is 17.5 Å². The Hall–Kier alpha value is -1.36. The molecule has 0 atom stereocenters. The molecule has 0 saturated carbocycles. The monoisotopic (exact) mass is 222 g/mol. The van der Waals surface area contributed by atoms with Crippen molar-refractivity contribution in [1.29, 1.82) is 0 Å². The van der Waals surface area contributed by atoms with Crippen LogP contribution in [0.2, 0.25) is 0 Å². The molecule has 2 rings (SSSR count). The normalized spacial score (nSPS) is 17.3. The fourth-order valence-electron chi connectivity index (χ4n) is 1.80. The van der Waals surface area contributed by atoms with E-state index < -0.39 is 0 Å². The summed E-state index contributed by atoms with van der Waals surface area (Å²) in [6.07, 6.45) is 2.84. The minimum absolute atomic E-state index is 0.438. The van der Waals surface area contributed by atoms with Crippen LogP contribution >= 0.6 is 0 Å². The van der Waals surface area contributed by atoms with Gasteiger partial charge in [-0.3, -0.25) is 0 Å². The maximum absolute atomic E-state index is 5.72. The average molecular weight is 222 g/mol. The predicted octanol–water partition coefficient (Wildman–Crippen LogP) is 1.21. The molecule has 88 valence electrons. The van der Waals surface area contributed by atoms with E-state index in [0.717, 1.165) is 44.1 Å². The van der Waals surface area contributed by atoms with Gasteiger partial charge in [0.05, 0.1) is 0 Å². The van der Waals surface area contributed by atoms with Gasteiger partial charge in [-0.1, -0.05) is 6.92 Å². The van der Waals surface area contributed by atoms with Crippen LogP contribution in [0.3, 0.4) is 0 Å². The molecule has 0 aliphatic carbocycles. The largest absolute Gasteiger partial charge is 0.384 e. The molecule has 0 spiro atoms. The molecule has 16 heavy (non-hydrogen) atoms. The lowest BCUT2D eigenvalue weighted by atomic mass is 10.1. The zero-order valence-electron chi connectivity index (χ0n) is 9.57. The number of nitrogens with two attached hydrogens (primary N) is 1. The van der Waals surface area contributed by atoms with E-state index in [9.17, 15) is 0 Å². The van der Waals surface area contributed by atoms with E-state index in [4.69, 9.17) is 10.5 Å². The highest BCUT2D eigenvalue weighted by Gasteiger charge is 2.14. The Morgan fingerprint density at radius 3 is 2.88 bits per heavy atom. The molecule has 0 amide bonds. The number of anilines is 2. The Labute approximate surface area is 95.4 Å². The van der Waals surface area contributed by atoms with Crippen LogP contribution in [0.15, 0.2) is 6.07 Å². The second-order valence-corrected chi connectivity index (χ2v) is 3.98. The number of hydrogen-bond acceptors (Lipinski definition) is 5. The predicted molar refractivity (Wildman–Crippen MR) is 63.3 cm³/mol. The van der Waals surface area contributed by atoms with Crippen molar-refractivity contribution in [3.05, 3.63) is 11.9 Å². The highest BCUT2D eigenvalue weighted by molar-refractivity contribution is 5.45. The second kappa shape index (κ2) is 5.12. The van der Waals surface area contributed by atoms with Crippen molar-refractivity contribution >= 4 is 11.6 Å². The van der Waals surface area contributed by atoms with Crippen molar-refractivity contribution < 1.29 is 4.74 Å². The van der Waals surface area contributed by atoms with Gasteiger partial charge < -0.3 is 15.8 Å². The number of nitrogens with zero attached hydrogens (tertiary/aromatic N) is 2. The van der Waals surface area contributed by atoms with Crippen molar-refractivity contribution in [2.45, 2.75) is 32.2 Å². The first-order chi connectivity index (χ1) is 7.78. The van der Waals surface area contributed by atoms with E-state index in [-0.39, 0.29) is 0 Å². The number of nitrogens with one attached hydrogen (secondary N) is 1. The van der Waals surface area contributed by atoms with Crippen molar-refractivity contribution in [2.24, 2.45) is 0 Å². The minimum atomic E-state index is 0.438.